The second kappa shape index (κ2) is 7.81. The van der Waals surface area contributed by atoms with Crippen LogP contribution in [-0.2, 0) is 4.74 Å². The molecule has 0 aromatic heterocycles. The Bertz CT molecular complexity index is 568. The molecule has 0 bridgehead atoms. The van der Waals surface area contributed by atoms with Gasteiger partial charge in [-0.1, -0.05) is 48.0 Å². The first-order chi connectivity index (χ1) is 10.1. The van der Waals surface area contributed by atoms with Crippen LogP contribution in [0.15, 0.2) is 48.6 Å². The fourth-order valence-electron chi connectivity index (χ4n) is 2.18. The third kappa shape index (κ3) is 4.72. The van der Waals surface area contributed by atoms with Gasteiger partial charge in [-0.3, -0.25) is 0 Å². The van der Waals surface area contributed by atoms with Gasteiger partial charge in [-0.15, -0.1) is 0 Å². The van der Waals surface area contributed by atoms with Gasteiger partial charge >= 0.3 is 0 Å². The van der Waals surface area contributed by atoms with E-state index < -0.39 is 0 Å². The second-order valence-corrected chi connectivity index (χ2v) is 5.88. The lowest BCUT2D eigenvalue weighted by atomic mass is 10.0. The van der Waals surface area contributed by atoms with Gasteiger partial charge in [-0.05, 0) is 42.2 Å². The average Bonchev–Trinajstić information content (AvgIpc) is 2.50. The number of allylic oxidation sites excluding steroid dienone is 4. The molecule has 2 rings (SSSR count). The Morgan fingerprint density at radius 1 is 1.43 bits per heavy atom. The van der Waals surface area contributed by atoms with Crippen molar-refractivity contribution in [3.05, 3.63) is 64.2 Å². The van der Waals surface area contributed by atoms with Gasteiger partial charge in [0, 0.05) is 22.2 Å². The summed E-state index contributed by atoms with van der Waals surface area (Å²) < 4.78 is 5.63. The van der Waals surface area contributed by atoms with Crippen LogP contribution in [0.4, 0.5) is 0 Å². The number of hydrogen-bond acceptors (Lipinski definition) is 2. The molecule has 1 fully saturated rings. The maximum absolute atomic E-state index is 6.15. The van der Waals surface area contributed by atoms with E-state index in [9.17, 15) is 0 Å². The highest BCUT2D eigenvalue weighted by atomic mass is 35.5. The Morgan fingerprint density at radius 3 is 2.90 bits per heavy atom. The molecule has 0 saturated carbocycles. The number of rotatable bonds is 4. The van der Waals surface area contributed by atoms with Crippen LogP contribution >= 0.6 is 23.2 Å². The zero-order chi connectivity index (χ0) is 15.2. The molecule has 1 aromatic carbocycles. The maximum atomic E-state index is 6.15. The molecule has 1 aliphatic heterocycles. The van der Waals surface area contributed by atoms with E-state index in [-0.39, 0.29) is 6.10 Å². The molecule has 1 unspecified atom stereocenters. The predicted molar refractivity (Wildman–Crippen MR) is 90.7 cm³/mol. The molecule has 4 heteroatoms. The van der Waals surface area contributed by atoms with Crippen LogP contribution in [0.3, 0.4) is 0 Å². The monoisotopic (exact) mass is 323 g/mol. The lowest BCUT2D eigenvalue weighted by Crippen LogP contribution is -2.28. The third-order valence-corrected chi connectivity index (χ3v) is 4.02. The highest BCUT2D eigenvalue weighted by Gasteiger charge is 2.14. The quantitative estimate of drug-likeness (QED) is 0.820. The minimum absolute atomic E-state index is 0.200. The molecule has 1 aromatic rings. The third-order valence-electron chi connectivity index (χ3n) is 3.46. The van der Waals surface area contributed by atoms with Crippen LogP contribution in [0.25, 0.3) is 5.57 Å². The number of nitrogens with two attached hydrogens (primary N) is 1. The minimum Gasteiger partial charge on any atom is -0.373 e. The van der Waals surface area contributed by atoms with Gasteiger partial charge in [-0.2, -0.15) is 0 Å². The van der Waals surface area contributed by atoms with E-state index in [1.807, 2.05) is 18.2 Å². The summed E-state index contributed by atoms with van der Waals surface area (Å²) in [6.45, 7) is 5.27. The Labute approximate surface area is 135 Å². The molecular formula is C17H19Cl2NO. The van der Waals surface area contributed by atoms with Crippen LogP contribution in [0.1, 0.15) is 18.4 Å². The van der Waals surface area contributed by atoms with E-state index in [1.54, 1.807) is 12.1 Å². The predicted octanol–water partition coefficient (Wildman–Crippen LogP) is 4.63. The van der Waals surface area contributed by atoms with Crippen LogP contribution in [0.2, 0.25) is 10.0 Å². The molecular weight excluding hydrogens is 305 g/mol. The fraction of sp³-hybridized carbons (Fsp3) is 0.294. The van der Waals surface area contributed by atoms with Crippen LogP contribution in [0.5, 0.6) is 0 Å². The van der Waals surface area contributed by atoms with Gasteiger partial charge in [0.25, 0.3) is 0 Å². The molecule has 0 radical (unpaired) electrons. The summed E-state index contributed by atoms with van der Waals surface area (Å²) >= 11 is 12.1. The summed E-state index contributed by atoms with van der Waals surface area (Å²) in [5.74, 6) is 0. The van der Waals surface area contributed by atoms with Crippen molar-refractivity contribution < 1.29 is 4.74 Å². The van der Waals surface area contributed by atoms with Gasteiger partial charge in [0.2, 0.25) is 0 Å². The van der Waals surface area contributed by atoms with Crippen molar-refractivity contribution in [3.8, 4) is 0 Å². The summed E-state index contributed by atoms with van der Waals surface area (Å²) in [6.07, 6.45) is 8.18. The Morgan fingerprint density at radius 2 is 2.24 bits per heavy atom. The van der Waals surface area contributed by atoms with Crippen molar-refractivity contribution >= 4 is 28.8 Å². The summed E-state index contributed by atoms with van der Waals surface area (Å²) in [7, 11) is 0. The molecule has 0 amide bonds. The maximum Gasteiger partial charge on any atom is 0.0704 e. The van der Waals surface area contributed by atoms with Gasteiger partial charge < -0.3 is 10.5 Å². The summed E-state index contributed by atoms with van der Waals surface area (Å²) in [6, 6.07) is 5.36. The zero-order valence-corrected chi connectivity index (χ0v) is 13.3. The molecule has 0 spiro atoms. The lowest BCUT2D eigenvalue weighted by Gasteiger charge is -2.23. The largest absolute Gasteiger partial charge is 0.373 e. The van der Waals surface area contributed by atoms with Gasteiger partial charge in [0.1, 0.15) is 0 Å². The minimum atomic E-state index is 0.200. The molecule has 2 N–H and O–H groups in total. The van der Waals surface area contributed by atoms with E-state index >= 15 is 0 Å². The van der Waals surface area contributed by atoms with Crippen molar-refractivity contribution in [1.82, 2.24) is 0 Å². The standard InChI is InChI=1S/C17H19Cl2NO/c1-12(16-9-14(18)6-8-17(16)19)3-2-4-13-5-7-15(10-20)21-11-13/h2-4,6,8-9,15H,1,5,7,10-11,20H2/b3-2-,13-4-. The van der Waals surface area contributed by atoms with Gasteiger partial charge in [-0.25, -0.2) is 0 Å². The Kier molecular flexibility index (Phi) is 6.07. The Balaban J connectivity index is 1.98. The van der Waals surface area contributed by atoms with Crippen molar-refractivity contribution in [2.45, 2.75) is 18.9 Å². The summed E-state index contributed by atoms with van der Waals surface area (Å²) in [4.78, 5) is 0. The van der Waals surface area contributed by atoms with Gasteiger partial charge in [0.15, 0.2) is 0 Å². The topological polar surface area (TPSA) is 35.2 Å². The lowest BCUT2D eigenvalue weighted by molar-refractivity contribution is 0.0488. The fourth-order valence-corrected chi connectivity index (χ4v) is 2.59. The first-order valence-corrected chi connectivity index (χ1v) is 7.68. The summed E-state index contributed by atoms with van der Waals surface area (Å²) in [5, 5.41) is 1.30. The van der Waals surface area contributed by atoms with Gasteiger partial charge in [0.05, 0.1) is 12.7 Å². The Hall–Kier alpha value is -1.06. The number of hydrogen-bond donors (Lipinski definition) is 1. The average molecular weight is 324 g/mol. The number of benzene rings is 1. The van der Waals surface area contributed by atoms with Crippen LogP contribution < -0.4 is 5.73 Å². The molecule has 21 heavy (non-hydrogen) atoms. The molecule has 1 atom stereocenters. The van der Waals surface area contributed by atoms with Crippen LogP contribution in [-0.4, -0.2) is 19.3 Å². The first-order valence-electron chi connectivity index (χ1n) is 6.92. The SMILES string of the molecule is C=C(/C=C\C=C1\CCC(CN)OC1)c1cc(Cl)ccc1Cl. The van der Waals surface area contributed by atoms with E-state index in [0.717, 1.165) is 24.0 Å². The van der Waals surface area contributed by atoms with Crippen molar-refractivity contribution in [3.63, 3.8) is 0 Å². The number of ether oxygens (including phenoxy) is 1. The van der Waals surface area contributed by atoms with Crippen molar-refractivity contribution in [2.75, 3.05) is 13.2 Å². The highest BCUT2D eigenvalue weighted by molar-refractivity contribution is 6.34. The zero-order valence-electron chi connectivity index (χ0n) is 11.8. The van der Waals surface area contributed by atoms with Crippen molar-refractivity contribution in [1.29, 1.82) is 0 Å². The van der Waals surface area contributed by atoms with E-state index in [2.05, 4.69) is 12.7 Å². The van der Waals surface area contributed by atoms with Crippen LogP contribution in [0, 0.1) is 0 Å². The van der Waals surface area contributed by atoms with Crippen molar-refractivity contribution in [2.24, 2.45) is 5.73 Å². The first kappa shape index (κ1) is 16.3. The second-order valence-electron chi connectivity index (χ2n) is 5.04. The molecule has 1 saturated heterocycles. The normalized spacial score (nSPS) is 21.1. The smallest absolute Gasteiger partial charge is 0.0704 e. The molecule has 1 aliphatic rings. The highest BCUT2D eigenvalue weighted by Crippen LogP contribution is 2.27. The van der Waals surface area contributed by atoms with E-state index in [0.29, 0.717) is 23.2 Å². The molecule has 0 aliphatic carbocycles. The molecule has 112 valence electrons. The van der Waals surface area contributed by atoms with E-state index in [1.165, 1.54) is 5.57 Å². The van der Waals surface area contributed by atoms with E-state index in [4.69, 9.17) is 33.7 Å². The summed E-state index contributed by atoms with van der Waals surface area (Å²) in [5.41, 5.74) is 8.53. The molecule has 1 heterocycles. The molecule has 2 nitrogen and oxygen atoms in total. The number of halogens is 2.